The van der Waals surface area contributed by atoms with Gasteiger partial charge in [-0.1, -0.05) is 72.9 Å². The van der Waals surface area contributed by atoms with E-state index in [4.69, 9.17) is 23.2 Å². The lowest BCUT2D eigenvalue weighted by Gasteiger charge is -2.42. The molecule has 3 rings (SSSR count). The molecule has 0 amide bonds. The van der Waals surface area contributed by atoms with Gasteiger partial charge in [0.25, 0.3) is 0 Å². The van der Waals surface area contributed by atoms with Crippen LogP contribution >= 0.6 is 23.2 Å². The van der Waals surface area contributed by atoms with Crippen molar-refractivity contribution in [1.29, 1.82) is 5.26 Å². The topological polar surface area (TPSA) is 27.0 Å². The van der Waals surface area contributed by atoms with Gasteiger partial charge in [-0.15, -0.1) is 0 Å². The van der Waals surface area contributed by atoms with Crippen LogP contribution in [0.3, 0.4) is 0 Å². The van der Waals surface area contributed by atoms with Crippen LogP contribution in [0.1, 0.15) is 63.5 Å². The van der Waals surface area contributed by atoms with Crippen LogP contribution in [0.2, 0.25) is 10.0 Å². The smallest absolute Gasteiger partial charge is 0.0851 e. The summed E-state index contributed by atoms with van der Waals surface area (Å²) in [6, 6.07) is 19.7. The maximum atomic E-state index is 10.4. The second kappa shape index (κ2) is 11.4. The van der Waals surface area contributed by atoms with Gasteiger partial charge in [0.2, 0.25) is 0 Å². The van der Waals surface area contributed by atoms with E-state index in [0.29, 0.717) is 22.0 Å². The van der Waals surface area contributed by atoms with E-state index in [1.165, 1.54) is 12.0 Å². The van der Waals surface area contributed by atoms with Gasteiger partial charge in [-0.2, -0.15) is 5.26 Å². The van der Waals surface area contributed by atoms with Crippen molar-refractivity contribution in [3.8, 4) is 6.07 Å². The van der Waals surface area contributed by atoms with E-state index in [0.717, 1.165) is 57.2 Å². The molecule has 2 atom stereocenters. The minimum Gasteiger partial charge on any atom is -0.300 e. The normalized spacial score (nSPS) is 17.0. The van der Waals surface area contributed by atoms with Gasteiger partial charge in [0.15, 0.2) is 0 Å². The molecule has 2 unspecified atom stereocenters. The molecule has 2 nitrogen and oxygen atoms in total. The average molecular weight is 457 g/mol. The Bertz CT molecular complexity index is 873. The zero-order chi connectivity index (χ0) is 22.3. The number of benzene rings is 2. The molecule has 0 saturated heterocycles. The van der Waals surface area contributed by atoms with Crippen LogP contribution in [-0.4, -0.2) is 24.0 Å². The number of hydrogen-bond acceptors (Lipinski definition) is 2. The van der Waals surface area contributed by atoms with Gasteiger partial charge in [-0.3, -0.25) is 0 Å². The zero-order valence-corrected chi connectivity index (χ0v) is 20.3. The predicted molar refractivity (Wildman–Crippen MR) is 132 cm³/mol. The van der Waals surface area contributed by atoms with Crippen molar-refractivity contribution >= 4 is 23.2 Å². The molecule has 1 saturated carbocycles. The van der Waals surface area contributed by atoms with Crippen molar-refractivity contribution in [3.63, 3.8) is 0 Å². The molecule has 1 aliphatic carbocycles. The summed E-state index contributed by atoms with van der Waals surface area (Å²) in [5.41, 5.74) is 1.94. The first-order valence-electron chi connectivity index (χ1n) is 11.6. The van der Waals surface area contributed by atoms with E-state index in [2.05, 4.69) is 55.1 Å². The van der Waals surface area contributed by atoms with Crippen LogP contribution in [0, 0.1) is 17.2 Å². The number of halogens is 2. The monoisotopic (exact) mass is 456 g/mol. The summed E-state index contributed by atoms with van der Waals surface area (Å²) in [7, 11) is 0. The lowest BCUT2D eigenvalue weighted by Crippen LogP contribution is -2.41. The van der Waals surface area contributed by atoms with E-state index >= 15 is 0 Å². The molecule has 1 fully saturated rings. The average Bonchev–Trinajstić information content (AvgIpc) is 2.75. The van der Waals surface area contributed by atoms with Crippen molar-refractivity contribution in [2.75, 3.05) is 13.1 Å². The molecule has 0 heterocycles. The lowest BCUT2D eigenvalue weighted by atomic mass is 9.60. The molecule has 0 spiro atoms. The zero-order valence-electron chi connectivity index (χ0n) is 18.8. The summed E-state index contributed by atoms with van der Waals surface area (Å²) < 4.78 is 0. The first-order valence-corrected chi connectivity index (χ1v) is 12.4. The minimum atomic E-state index is -0.474. The Morgan fingerprint density at radius 1 is 1.10 bits per heavy atom. The van der Waals surface area contributed by atoms with Crippen LogP contribution in [-0.2, 0) is 11.8 Å². The minimum absolute atomic E-state index is 0.408. The number of rotatable bonds is 11. The molecular formula is C27H34Cl2N2. The Morgan fingerprint density at radius 3 is 2.42 bits per heavy atom. The first-order chi connectivity index (χ1) is 15.0. The van der Waals surface area contributed by atoms with Gasteiger partial charge in [0, 0.05) is 12.6 Å². The maximum absolute atomic E-state index is 10.4. The fourth-order valence-electron chi connectivity index (χ4n) is 4.85. The van der Waals surface area contributed by atoms with Crippen LogP contribution < -0.4 is 0 Å². The largest absolute Gasteiger partial charge is 0.300 e. The molecule has 0 aromatic heterocycles. The second-order valence-corrected chi connectivity index (χ2v) is 9.81. The quantitative estimate of drug-likeness (QED) is 0.346. The van der Waals surface area contributed by atoms with E-state index < -0.39 is 5.41 Å². The molecule has 31 heavy (non-hydrogen) atoms. The van der Waals surface area contributed by atoms with Gasteiger partial charge in [0.05, 0.1) is 21.5 Å². The first kappa shape index (κ1) is 24.1. The number of nitriles is 1. The lowest BCUT2D eigenvalue weighted by molar-refractivity contribution is 0.158. The van der Waals surface area contributed by atoms with E-state index in [9.17, 15) is 5.26 Å². The SMILES string of the molecule is CCCN(CCc1ccccc1)C(C)CCC(C#N)(c1ccc(Cl)c(Cl)c1)C1CCC1. The van der Waals surface area contributed by atoms with E-state index in [-0.39, 0.29) is 0 Å². The second-order valence-electron chi connectivity index (χ2n) is 9.00. The third kappa shape index (κ3) is 5.83. The summed E-state index contributed by atoms with van der Waals surface area (Å²) in [5, 5.41) is 11.5. The van der Waals surface area contributed by atoms with Crippen molar-refractivity contribution < 1.29 is 0 Å². The highest BCUT2D eigenvalue weighted by Crippen LogP contribution is 2.48. The molecule has 0 aliphatic heterocycles. The molecule has 2 aromatic rings. The van der Waals surface area contributed by atoms with Crippen molar-refractivity contribution in [2.24, 2.45) is 5.92 Å². The molecule has 1 aliphatic rings. The Morgan fingerprint density at radius 2 is 1.84 bits per heavy atom. The van der Waals surface area contributed by atoms with Gasteiger partial charge in [0.1, 0.15) is 0 Å². The predicted octanol–water partition coefficient (Wildman–Crippen LogP) is 7.68. The third-order valence-electron chi connectivity index (χ3n) is 7.06. The summed E-state index contributed by atoms with van der Waals surface area (Å²) in [5.74, 6) is 0.408. The Balaban J connectivity index is 1.72. The molecular weight excluding hydrogens is 423 g/mol. The molecule has 4 heteroatoms. The van der Waals surface area contributed by atoms with Gasteiger partial charge in [-0.05, 0) is 81.2 Å². The maximum Gasteiger partial charge on any atom is 0.0851 e. The fraction of sp³-hybridized carbons (Fsp3) is 0.519. The van der Waals surface area contributed by atoms with Crippen LogP contribution in [0.4, 0.5) is 0 Å². The standard InChI is InChI=1S/C27H34Cl2N2/c1-3-17-31(18-15-22-8-5-4-6-9-22)21(2)14-16-27(20-30,23-10-7-11-23)24-12-13-25(28)26(29)19-24/h4-6,8-9,12-13,19,21,23H,3,7,10-11,14-18H2,1-2H3. The summed E-state index contributed by atoms with van der Waals surface area (Å²) >= 11 is 12.5. The molecule has 0 N–H and O–H groups in total. The Labute approximate surface area is 198 Å². The van der Waals surface area contributed by atoms with E-state index in [1.807, 2.05) is 18.2 Å². The molecule has 2 aromatic carbocycles. The molecule has 0 radical (unpaired) electrons. The highest BCUT2D eigenvalue weighted by atomic mass is 35.5. The highest BCUT2D eigenvalue weighted by Gasteiger charge is 2.44. The van der Waals surface area contributed by atoms with Crippen molar-refractivity contribution in [2.45, 2.75) is 70.3 Å². The number of nitrogens with zero attached hydrogens (tertiary/aromatic N) is 2. The molecule has 0 bridgehead atoms. The van der Waals surface area contributed by atoms with Crippen LogP contribution in [0.15, 0.2) is 48.5 Å². The van der Waals surface area contributed by atoms with Crippen LogP contribution in [0.25, 0.3) is 0 Å². The Hall–Kier alpha value is -1.53. The fourth-order valence-corrected chi connectivity index (χ4v) is 5.14. The number of hydrogen-bond donors (Lipinski definition) is 0. The molecule has 166 valence electrons. The summed E-state index contributed by atoms with van der Waals surface area (Å²) in [6.07, 6.45) is 7.51. The third-order valence-corrected chi connectivity index (χ3v) is 7.80. The highest BCUT2D eigenvalue weighted by molar-refractivity contribution is 6.42. The van der Waals surface area contributed by atoms with Crippen molar-refractivity contribution in [3.05, 3.63) is 69.7 Å². The van der Waals surface area contributed by atoms with Crippen molar-refractivity contribution in [1.82, 2.24) is 4.90 Å². The van der Waals surface area contributed by atoms with Crippen LogP contribution in [0.5, 0.6) is 0 Å². The van der Waals surface area contributed by atoms with Gasteiger partial charge in [-0.25, -0.2) is 0 Å². The Kier molecular flexibility index (Phi) is 8.85. The van der Waals surface area contributed by atoms with Gasteiger partial charge < -0.3 is 4.90 Å². The summed E-state index contributed by atoms with van der Waals surface area (Å²) in [4.78, 5) is 2.59. The van der Waals surface area contributed by atoms with Gasteiger partial charge >= 0.3 is 0 Å². The van der Waals surface area contributed by atoms with E-state index in [1.54, 1.807) is 0 Å². The summed E-state index contributed by atoms with van der Waals surface area (Å²) in [6.45, 7) is 6.70.